The summed E-state index contributed by atoms with van der Waals surface area (Å²) in [4.78, 5) is 5.49. The zero-order valence-electron chi connectivity index (χ0n) is 13.3. The molecule has 3 rings (SSSR count). The van der Waals surface area contributed by atoms with E-state index >= 15 is 0 Å². The monoisotopic (exact) mass is 342 g/mol. The van der Waals surface area contributed by atoms with Crippen LogP contribution >= 0.6 is 11.8 Å². The van der Waals surface area contributed by atoms with Crippen LogP contribution in [-0.4, -0.2) is 27.0 Å². The molecule has 2 atom stereocenters. The summed E-state index contributed by atoms with van der Waals surface area (Å²) in [5.41, 5.74) is 0.949. The van der Waals surface area contributed by atoms with E-state index in [0.717, 1.165) is 17.9 Å². The molecule has 6 heteroatoms. The van der Waals surface area contributed by atoms with Crippen molar-refractivity contribution in [3.8, 4) is 0 Å². The van der Waals surface area contributed by atoms with Crippen LogP contribution < -0.4 is 5.32 Å². The Morgan fingerprint density at radius 3 is 2.54 bits per heavy atom. The van der Waals surface area contributed by atoms with Crippen LogP contribution in [0.4, 0.5) is 4.39 Å². The van der Waals surface area contributed by atoms with Gasteiger partial charge in [0.1, 0.15) is 18.0 Å². The average Bonchev–Trinajstić information content (AvgIpc) is 3.12. The highest BCUT2D eigenvalue weighted by Gasteiger charge is 2.18. The number of hydrogen-bond donors (Lipinski definition) is 2. The number of hydrogen-bond acceptors (Lipinski definition) is 4. The van der Waals surface area contributed by atoms with Gasteiger partial charge in [-0.2, -0.15) is 5.10 Å². The van der Waals surface area contributed by atoms with Gasteiger partial charge in [-0.15, -0.1) is 11.8 Å². The first-order valence-corrected chi connectivity index (χ1v) is 8.66. The topological polar surface area (TPSA) is 53.6 Å². The van der Waals surface area contributed by atoms with E-state index in [1.54, 1.807) is 12.1 Å². The first kappa shape index (κ1) is 16.7. The highest BCUT2D eigenvalue weighted by molar-refractivity contribution is 8.00. The van der Waals surface area contributed by atoms with Gasteiger partial charge in [0.25, 0.3) is 0 Å². The number of thioether (sulfide) groups is 1. The van der Waals surface area contributed by atoms with E-state index in [-0.39, 0.29) is 11.9 Å². The van der Waals surface area contributed by atoms with Crippen molar-refractivity contribution >= 4 is 11.8 Å². The van der Waals surface area contributed by atoms with E-state index in [1.807, 2.05) is 30.0 Å². The Morgan fingerprint density at radius 2 is 1.88 bits per heavy atom. The second-order valence-electron chi connectivity index (χ2n) is 5.51. The van der Waals surface area contributed by atoms with Crippen LogP contribution in [0.1, 0.15) is 24.4 Å². The first-order valence-electron chi connectivity index (χ1n) is 7.78. The summed E-state index contributed by atoms with van der Waals surface area (Å²) in [6.07, 6.45) is 1.48. The van der Waals surface area contributed by atoms with Gasteiger partial charge in [0.2, 0.25) is 0 Å². The smallest absolute Gasteiger partial charge is 0.145 e. The number of aromatic nitrogens is 3. The van der Waals surface area contributed by atoms with E-state index in [4.69, 9.17) is 0 Å². The van der Waals surface area contributed by atoms with Gasteiger partial charge in [-0.25, -0.2) is 9.37 Å². The Bertz CT molecular complexity index is 731. The molecule has 0 radical (unpaired) electrons. The van der Waals surface area contributed by atoms with E-state index in [0.29, 0.717) is 5.25 Å². The van der Waals surface area contributed by atoms with Crippen LogP contribution in [0.3, 0.4) is 0 Å². The van der Waals surface area contributed by atoms with Crippen molar-refractivity contribution in [3.63, 3.8) is 0 Å². The molecule has 3 aromatic rings. The third kappa shape index (κ3) is 4.43. The Hall–Kier alpha value is -2.18. The quantitative estimate of drug-likeness (QED) is 0.641. The fraction of sp³-hybridized carbons (Fsp3) is 0.222. The fourth-order valence-electron chi connectivity index (χ4n) is 2.44. The molecule has 1 heterocycles. The molecule has 2 aromatic carbocycles. The third-order valence-corrected chi connectivity index (χ3v) is 4.71. The highest BCUT2D eigenvalue weighted by atomic mass is 32.2. The molecule has 0 amide bonds. The third-order valence-electron chi connectivity index (χ3n) is 3.60. The molecule has 24 heavy (non-hydrogen) atoms. The summed E-state index contributed by atoms with van der Waals surface area (Å²) in [5.74, 6) is 0.474. The summed E-state index contributed by atoms with van der Waals surface area (Å²) >= 11 is 1.81. The number of nitrogens with zero attached hydrogens (tertiary/aromatic N) is 2. The fourth-order valence-corrected chi connectivity index (χ4v) is 3.40. The van der Waals surface area contributed by atoms with E-state index in [2.05, 4.69) is 39.6 Å². The average molecular weight is 342 g/mol. The lowest BCUT2D eigenvalue weighted by atomic mass is 10.1. The predicted molar refractivity (Wildman–Crippen MR) is 94.4 cm³/mol. The predicted octanol–water partition coefficient (Wildman–Crippen LogP) is 3.80. The van der Waals surface area contributed by atoms with Crippen molar-refractivity contribution < 1.29 is 4.39 Å². The number of aromatic amines is 1. The molecule has 0 bridgehead atoms. The number of benzene rings is 2. The molecular weight excluding hydrogens is 323 g/mol. The number of rotatable bonds is 7. The molecule has 0 saturated carbocycles. The summed E-state index contributed by atoms with van der Waals surface area (Å²) in [7, 11) is 0. The summed E-state index contributed by atoms with van der Waals surface area (Å²) in [5, 5.41) is 10.7. The van der Waals surface area contributed by atoms with Crippen LogP contribution in [0.25, 0.3) is 0 Å². The van der Waals surface area contributed by atoms with Gasteiger partial charge < -0.3 is 5.32 Å². The Labute approximate surface area is 144 Å². The maximum atomic E-state index is 13.2. The molecule has 124 valence electrons. The van der Waals surface area contributed by atoms with Gasteiger partial charge in [0.15, 0.2) is 0 Å². The van der Waals surface area contributed by atoms with Crippen LogP contribution in [-0.2, 0) is 0 Å². The van der Waals surface area contributed by atoms with Crippen molar-refractivity contribution in [2.75, 3.05) is 6.54 Å². The number of nitrogens with one attached hydrogen (secondary N) is 2. The van der Waals surface area contributed by atoms with Gasteiger partial charge >= 0.3 is 0 Å². The molecule has 0 saturated heterocycles. The standard InChI is InChI=1S/C18H19FN4S/c1-13(24-16-5-3-2-4-6-16)11-20-17(18-21-12-22-23-18)14-7-9-15(19)10-8-14/h2-10,12-13,17,20H,11H2,1H3,(H,21,22,23). The lowest BCUT2D eigenvalue weighted by molar-refractivity contribution is 0.575. The van der Waals surface area contributed by atoms with E-state index in [1.165, 1.54) is 23.4 Å². The molecule has 0 spiro atoms. The zero-order valence-corrected chi connectivity index (χ0v) is 14.1. The molecule has 2 unspecified atom stereocenters. The zero-order chi connectivity index (χ0) is 16.8. The second-order valence-corrected chi connectivity index (χ2v) is 7.02. The summed E-state index contributed by atoms with van der Waals surface area (Å²) in [6, 6.07) is 16.6. The highest BCUT2D eigenvalue weighted by Crippen LogP contribution is 2.24. The van der Waals surface area contributed by atoms with Crippen molar-refractivity contribution in [2.45, 2.75) is 23.1 Å². The summed E-state index contributed by atoms with van der Waals surface area (Å²) in [6.45, 7) is 2.95. The van der Waals surface area contributed by atoms with Gasteiger partial charge in [0.05, 0.1) is 6.04 Å². The van der Waals surface area contributed by atoms with Crippen molar-refractivity contribution in [1.29, 1.82) is 0 Å². The Kier molecular flexibility index (Phi) is 5.61. The van der Waals surface area contributed by atoms with Crippen LogP contribution in [0.2, 0.25) is 0 Å². The maximum Gasteiger partial charge on any atom is 0.145 e. The van der Waals surface area contributed by atoms with Gasteiger partial charge in [-0.3, -0.25) is 5.10 Å². The van der Waals surface area contributed by atoms with Crippen LogP contribution in [0.15, 0.2) is 65.8 Å². The Balaban J connectivity index is 1.67. The van der Waals surface area contributed by atoms with Gasteiger partial charge in [-0.1, -0.05) is 37.3 Å². The normalized spacial score (nSPS) is 13.6. The van der Waals surface area contributed by atoms with E-state index < -0.39 is 0 Å². The Morgan fingerprint density at radius 1 is 1.12 bits per heavy atom. The molecular formula is C18H19FN4S. The molecule has 4 nitrogen and oxygen atoms in total. The second kappa shape index (κ2) is 8.08. The lowest BCUT2D eigenvalue weighted by Gasteiger charge is -2.20. The van der Waals surface area contributed by atoms with Crippen molar-refractivity contribution in [1.82, 2.24) is 20.5 Å². The van der Waals surface area contributed by atoms with Crippen molar-refractivity contribution in [3.05, 3.63) is 78.1 Å². The van der Waals surface area contributed by atoms with Crippen molar-refractivity contribution in [2.24, 2.45) is 0 Å². The van der Waals surface area contributed by atoms with Gasteiger partial charge in [0, 0.05) is 16.7 Å². The molecule has 0 aliphatic carbocycles. The van der Waals surface area contributed by atoms with Gasteiger partial charge in [-0.05, 0) is 29.8 Å². The van der Waals surface area contributed by atoms with E-state index in [9.17, 15) is 4.39 Å². The largest absolute Gasteiger partial charge is 0.303 e. The minimum atomic E-state index is -0.247. The molecule has 0 fully saturated rings. The number of H-pyrrole nitrogens is 1. The minimum absolute atomic E-state index is 0.146. The molecule has 1 aromatic heterocycles. The molecule has 2 N–H and O–H groups in total. The van der Waals surface area contributed by atoms with Crippen LogP contribution in [0, 0.1) is 5.82 Å². The minimum Gasteiger partial charge on any atom is -0.303 e. The molecule has 0 aliphatic heterocycles. The summed E-state index contributed by atoms with van der Waals surface area (Å²) < 4.78 is 13.2. The lowest BCUT2D eigenvalue weighted by Crippen LogP contribution is -2.29. The first-order chi connectivity index (χ1) is 11.7. The SMILES string of the molecule is CC(CNC(c1ccc(F)cc1)c1ncn[nH]1)Sc1ccccc1. The number of halogens is 1. The molecule has 0 aliphatic rings. The maximum absolute atomic E-state index is 13.2. The van der Waals surface area contributed by atoms with Crippen LogP contribution in [0.5, 0.6) is 0 Å².